The van der Waals surface area contributed by atoms with Crippen LogP contribution in [0.5, 0.6) is 11.6 Å². The number of methoxy groups -OCH3 is 2. The van der Waals surface area contributed by atoms with E-state index < -0.39 is 5.97 Å². The minimum absolute atomic E-state index is 0.192. The number of carboxylic acid groups (broad SMARTS) is 1. The lowest BCUT2D eigenvalue weighted by Crippen LogP contribution is -2.07. The molecule has 0 radical (unpaired) electrons. The van der Waals surface area contributed by atoms with Gasteiger partial charge in [-0.3, -0.25) is 0 Å². The molecule has 0 saturated carbocycles. The van der Waals surface area contributed by atoms with E-state index in [2.05, 4.69) is 10.3 Å². The van der Waals surface area contributed by atoms with E-state index in [0.717, 1.165) is 5.56 Å². The first-order valence-electron chi connectivity index (χ1n) is 6.28. The maximum absolute atomic E-state index is 11.2. The van der Waals surface area contributed by atoms with E-state index >= 15 is 0 Å². The summed E-state index contributed by atoms with van der Waals surface area (Å²) in [6.45, 7) is 0.451. The maximum Gasteiger partial charge on any atom is 0.337 e. The van der Waals surface area contributed by atoms with E-state index in [1.54, 1.807) is 31.5 Å². The quantitative estimate of drug-likeness (QED) is 0.849. The van der Waals surface area contributed by atoms with Crippen LogP contribution in [0.25, 0.3) is 0 Å². The number of carboxylic acids is 1. The number of ether oxygens (including phenoxy) is 2. The number of carbonyl (C=O) groups is 1. The first-order chi connectivity index (χ1) is 10.1. The number of hydrogen-bond acceptors (Lipinski definition) is 5. The number of nitrogens with zero attached hydrogens (tertiary/aromatic N) is 1. The van der Waals surface area contributed by atoms with Crippen LogP contribution in [0, 0.1) is 0 Å². The summed E-state index contributed by atoms with van der Waals surface area (Å²) in [5.41, 5.74) is 1.62. The number of rotatable bonds is 6. The Morgan fingerprint density at radius 1 is 1.24 bits per heavy atom. The minimum atomic E-state index is -0.993. The molecular weight excluding hydrogens is 272 g/mol. The number of nitrogens with one attached hydrogen (secondary N) is 1. The highest BCUT2D eigenvalue weighted by molar-refractivity contribution is 5.94. The summed E-state index contributed by atoms with van der Waals surface area (Å²) in [6.07, 6.45) is 1.64. The molecule has 1 aromatic heterocycles. The van der Waals surface area contributed by atoms with Crippen LogP contribution >= 0.6 is 0 Å². The smallest absolute Gasteiger partial charge is 0.337 e. The molecule has 0 spiro atoms. The molecule has 0 amide bonds. The zero-order valence-corrected chi connectivity index (χ0v) is 11.8. The van der Waals surface area contributed by atoms with Gasteiger partial charge in [-0.15, -0.1) is 0 Å². The molecule has 0 saturated heterocycles. The number of aromatic carboxylic acids is 1. The van der Waals surface area contributed by atoms with Gasteiger partial charge in [-0.25, -0.2) is 9.78 Å². The first-order valence-corrected chi connectivity index (χ1v) is 6.28. The zero-order chi connectivity index (χ0) is 15.2. The van der Waals surface area contributed by atoms with Crippen LogP contribution in [0.2, 0.25) is 0 Å². The van der Waals surface area contributed by atoms with Crippen molar-refractivity contribution in [3.63, 3.8) is 0 Å². The van der Waals surface area contributed by atoms with E-state index in [0.29, 0.717) is 23.9 Å². The van der Waals surface area contributed by atoms with Crippen LogP contribution in [0.1, 0.15) is 15.9 Å². The van der Waals surface area contributed by atoms with Gasteiger partial charge in [-0.05, 0) is 23.8 Å². The van der Waals surface area contributed by atoms with Crippen LogP contribution in [0.4, 0.5) is 5.69 Å². The molecule has 2 rings (SSSR count). The first kappa shape index (κ1) is 14.6. The van der Waals surface area contributed by atoms with Crippen molar-refractivity contribution in [2.45, 2.75) is 6.54 Å². The number of hydrogen-bond donors (Lipinski definition) is 2. The third kappa shape index (κ3) is 3.62. The fraction of sp³-hybridized carbons (Fsp3) is 0.200. The minimum Gasteiger partial charge on any atom is -0.497 e. The summed E-state index contributed by atoms with van der Waals surface area (Å²) in [4.78, 5) is 15.2. The molecule has 0 aliphatic heterocycles. The molecule has 1 heterocycles. The molecule has 6 heteroatoms. The van der Waals surface area contributed by atoms with Crippen molar-refractivity contribution in [3.8, 4) is 11.6 Å². The van der Waals surface area contributed by atoms with Gasteiger partial charge in [0.25, 0.3) is 0 Å². The van der Waals surface area contributed by atoms with Crippen molar-refractivity contribution >= 4 is 11.7 Å². The summed E-state index contributed by atoms with van der Waals surface area (Å²) in [5.74, 6) is 0.112. The zero-order valence-electron chi connectivity index (χ0n) is 11.8. The highest BCUT2D eigenvalue weighted by atomic mass is 16.5. The average Bonchev–Trinajstić information content (AvgIpc) is 2.52. The van der Waals surface area contributed by atoms with Gasteiger partial charge >= 0.3 is 5.97 Å². The van der Waals surface area contributed by atoms with E-state index in [4.69, 9.17) is 9.47 Å². The topological polar surface area (TPSA) is 80.7 Å². The number of aromatic nitrogens is 1. The largest absolute Gasteiger partial charge is 0.497 e. The molecule has 0 fully saturated rings. The third-order valence-electron chi connectivity index (χ3n) is 2.95. The van der Waals surface area contributed by atoms with Crippen LogP contribution in [-0.2, 0) is 6.54 Å². The second kappa shape index (κ2) is 6.60. The van der Waals surface area contributed by atoms with Crippen LogP contribution < -0.4 is 14.8 Å². The summed E-state index contributed by atoms with van der Waals surface area (Å²) < 4.78 is 10.2. The normalized spacial score (nSPS) is 10.0. The lowest BCUT2D eigenvalue weighted by Gasteiger charge is -2.11. The Morgan fingerprint density at radius 3 is 2.71 bits per heavy atom. The second-order valence-corrected chi connectivity index (χ2v) is 4.28. The Morgan fingerprint density at radius 2 is 2.05 bits per heavy atom. The van der Waals surface area contributed by atoms with Crippen molar-refractivity contribution in [2.24, 2.45) is 0 Å². The predicted molar refractivity (Wildman–Crippen MR) is 78.1 cm³/mol. The van der Waals surface area contributed by atoms with Crippen LogP contribution in [-0.4, -0.2) is 30.3 Å². The van der Waals surface area contributed by atoms with Gasteiger partial charge in [-0.1, -0.05) is 0 Å². The molecule has 2 N–H and O–H groups in total. The van der Waals surface area contributed by atoms with Gasteiger partial charge in [0.15, 0.2) is 0 Å². The fourth-order valence-corrected chi connectivity index (χ4v) is 1.85. The molecule has 6 nitrogen and oxygen atoms in total. The Bertz CT molecular complexity index is 643. The molecule has 21 heavy (non-hydrogen) atoms. The van der Waals surface area contributed by atoms with Crippen LogP contribution in [0.3, 0.4) is 0 Å². The number of pyridine rings is 1. The van der Waals surface area contributed by atoms with Crippen molar-refractivity contribution < 1.29 is 19.4 Å². The summed E-state index contributed by atoms with van der Waals surface area (Å²) in [5, 5.41) is 12.3. The monoisotopic (exact) mass is 288 g/mol. The molecular formula is C15H16N2O4. The Hall–Kier alpha value is -2.76. The lowest BCUT2D eigenvalue weighted by molar-refractivity contribution is 0.0698. The van der Waals surface area contributed by atoms with Gasteiger partial charge in [0.2, 0.25) is 5.88 Å². The van der Waals surface area contributed by atoms with E-state index in [1.807, 2.05) is 6.07 Å². The van der Waals surface area contributed by atoms with Gasteiger partial charge in [0.05, 0.1) is 25.5 Å². The maximum atomic E-state index is 11.2. The van der Waals surface area contributed by atoms with Gasteiger partial charge in [0, 0.05) is 24.9 Å². The second-order valence-electron chi connectivity index (χ2n) is 4.28. The van der Waals surface area contributed by atoms with Gasteiger partial charge in [-0.2, -0.15) is 0 Å². The van der Waals surface area contributed by atoms with Crippen molar-refractivity contribution in [3.05, 3.63) is 47.7 Å². The SMILES string of the molecule is COc1ccc(C(=O)O)c(NCc2ccnc(OC)c2)c1. The van der Waals surface area contributed by atoms with Crippen molar-refractivity contribution in [2.75, 3.05) is 19.5 Å². The predicted octanol–water partition coefficient (Wildman–Crippen LogP) is 2.41. The van der Waals surface area contributed by atoms with Crippen LogP contribution in [0.15, 0.2) is 36.5 Å². The average molecular weight is 288 g/mol. The van der Waals surface area contributed by atoms with Gasteiger partial charge < -0.3 is 19.9 Å². The molecule has 1 aromatic carbocycles. The standard InChI is InChI=1S/C15H16N2O4/c1-20-11-3-4-12(15(18)19)13(8-11)17-9-10-5-6-16-14(7-10)21-2/h3-8,17H,9H2,1-2H3,(H,18,19). The summed E-state index contributed by atoms with van der Waals surface area (Å²) >= 11 is 0. The third-order valence-corrected chi connectivity index (χ3v) is 2.95. The Kier molecular flexibility index (Phi) is 4.61. The lowest BCUT2D eigenvalue weighted by atomic mass is 10.1. The van der Waals surface area contributed by atoms with E-state index in [1.165, 1.54) is 13.2 Å². The molecule has 110 valence electrons. The summed E-state index contributed by atoms with van der Waals surface area (Å²) in [6, 6.07) is 8.40. The molecule has 0 aliphatic carbocycles. The fourth-order valence-electron chi connectivity index (χ4n) is 1.85. The van der Waals surface area contributed by atoms with Gasteiger partial charge in [0.1, 0.15) is 5.75 Å². The Labute approximate surface area is 122 Å². The number of anilines is 1. The highest BCUT2D eigenvalue weighted by Crippen LogP contribution is 2.23. The highest BCUT2D eigenvalue weighted by Gasteiger charge is 2.11. The molecule has 0 atom stereocenters. The summed E-state index contributed by atoms with van der Waals surface area (Å²) in [7, 11) is 3.08. The Balaban J connectivity index is 2.19. The van der Waals surface area contributed by atoms with Crippen molar-refractivity contribution in [1.29, 1.82) is 0 Å². The van der Waals surface area contributed by atoms with E-state index in [-0.39, 0.29) is 5.56 Å². The van der Waals surface area contributed by atoms with Crippen molar-refractivity contribution in [1.82, 2.24) is 4.98 Å². The number of benzene rings is 1. The molecule has 0 bridgehead atoms. The molecule has 0 unspecified atom stereocenters. The molecule has 2 aromatic rings. The van der Waals surface area contributed by atoms with E-state index in [9.17, 15) is 9.90 Å². The molecule has 0 aliphatic rings.